The highest BCUT2D eigenvalue weighted by Crippen LogP contribution is 2.48. The summed E-state index contributed by atoms with van der Waals surface area (Å²) < 4.78 is 19.6. The van der Waals surface area contributed by atoms with Crippen molar-refractivity contribution in [2.75, 3.05) is 0 Å². The first-order valence-corrected chi connectivity index (χ1v) is 9.19. The number of hydrogen-bond acceptors (Lipinski definition) is 3. The van der Waals surface area contributed by atoms with E-state index in [-0.39, 0.29) is 18.1 Å². The van der Waals surface area contributed by atoms with Gasteiger partial charge >= 0.3 is 0 Å². The molecular formula is C22H16ClFN2O. The zero-order chi connectivity index (χ0) is 18.4. The van der Waals surface area contributed by atoms with Crippen molar-refractivity contribution in [2.45, 2.75) is 18.7 Å². The molecule has 3 aromatic carbocycles. The minimum Gasteiger partial charge on any atom is -0.464 e. The molecule has 27 heavy (non-hydrogen) atoms. The summed E-state index contributed by atoms with van der Waals surface area (Å²) in [7, 11) is 0. The maximum atomic E-state index is 13.3. The van der Waals surface area contributed by atoms with Gasteiger partial charge in [0.15, 0.2) is 0 Å². The van der Waals surface area contributed by atoms with E-state index in [1.165, 1.54) is 12.1 Å². The third-order valence-corrected chi connectivity index (χ3v) is 5.25. The monoisotopic (exact) mass is 378 g/mol. The van der Waals surface area contributed by atoms with Crippen molar-refractivity contribution < 1.29 is 9.13 Å². The third kappa shape index (κ3) is 2.86. The molecule has 134 valence electrons. The Morgan fingerprint density at radius 1 is 1.00 bits per heavy atom. The standard InChI is InChI=1S/C22H16ClFN2O/c23-16-8-11-21-18(12-16)20-13-19(14-6-9-17(24)10-7-14)25-26(20)22(27-21)15-4-2-1-3-5-15/h1-12,20,22H,13H2/t20-,22+/m0/s1. The van der Waals surface area contributed by atoms with Gasteiger partial charge in [0.2, 0.25) is 6.23 Å². The van der Waals surface area contributed by atoms with Crippen LogP contribution in [0.4, 0.5) is 4.39 Å². The van der Waals surface area contributed by atoms with E-state index >= 15 is 0 Å². The number of hydrogen-bond donors (Lipinski definition) is 0. The van der Waals surface area contributed by atoms with Crippen LogP contribution in [0.3, 0.4) is 0 Å². The number of ether oxygens (including phenoxy) is 1. The predicted molar refractivity (Wildman–Crippen MR) is 103 cm³/mol. The molecule has 5 rings (SSSR count). The van der Waals surface area contributed by atoms with Crippen molar-refractivity contribution >= 4 is 17.3 Å². The summed E-state index contributed by atoms with van der Waals surface area (Å²) in [6.45, 7) is 0. The van der Waals surface area contributed by atoms with Crippen LogP contribution in [-0.2, 0) is 0 Å². The average molecular weight is 379 g/mol. The van der Waals surface area contributed by atoms with Gasteiger partial charge in [0.05, 0.1) is 11.8 Å². The molecule has 0 fully saturated rings. The van der Waals surface area contributed by atoms with Crippen LogP contribution in [0, 0.1) is 5.82 Å². The highest BCUT2D eigenvalue weighted by Gasteiger charge is 2.41. The molecule has 0 saturated heterocycles. The Labute approximate surface area is 161 Å². The lowest BCUT2D eigenvalue weighted by Gasteiger charge is -2.38. The van der Waals surface area contributed by atoms with Crippen LogP contribution in [0.2, 0.25) is 5.02 Å². The van der Waals surface area contributed by atoms with Crippen molar-refractivity contribution in [3.05, 3.63) is 100 Å². The van der Waals surface area contributed by atoms with Crippen LogP contribution >= 0.6 is 11.6 Å². The summed E-state index contributed by atoms with van der Waals surface area (Å²) in [5.74, 6) is 0.572. The average Bonchev–Trinajstić information content (AvgIpc) is 3.14. The Balaban J connectivity index is 1.60. The summed E-state index contributed by atoms with van der Waals surface area (Å²) in [5.41, 5.74) is 3.89. The SMILES string of the molecule is Fc1ccc(C2=NN3[C@@H](c4ccccc4)Oc4ccc(Cl)cc4[C@@H]3C2)cc1. The van der Waals surface area contributed by atoms with Crippen molar-refractivity contribution in [3.63, 3.8) is 0 Å². The summed E-state index contributed by atoms with van der Waals surface area (Å²) in [5, 5.41) is 7.52. The molecule has 0 aromatic heterocycles. The van der Waals surface area contributed by atoms with Crippen LogP contribution in [0.1, 0.15) is 35.4 Å². The van der Waals surface area contributed by atoms with Gasteiger partial charge in [-0.05, 0) is 35.9 Å². The molecule has 2 heterocycles. The van der Waals surface area contributed by atoms with Gasteiger partial charge in [-0.1, -0.05) is 54.1 Å². The Kier molecular flexibility index (Phi) is 3.87. The summed E-state index contributed by atoms with van der Waals surface area (Å²) in [6.07, 6.45) is 0.397. The van der Waals surface area contributed by atoms with E-state index in [0.717, 1.165) is 28.2 Å². The summed E-state index contributed by atoms with van der Waals surface area (Å²) in [4.78, 5) is 0. The van der Waals surface area contributed by atoms with Gasteiger partial charge in [-0.25, -0.2) is 9.40 Å². The second-order valence-corrected chi connectivity index (χ2v) is 7.15. The zero-order valence-electron chi connectivity index (χ0n) is 14.3. The topological polar surface area (TPSA) is 24.8 Å². The van der Waals surface area contributed by atoms with E-state index in [0.29, 0.717) is 11.4 Å². The van der Waals surface area contributed by atoms with Crippen LogP contribution in [0.25, 0.3) is 0 Å². The molecule has 2 aliphatic rings. The van der Waals surface area contributed by atoms with Gasteiger partial charge in [-0.15, -0.1) is 0 Å². The fourth-order valence-electron chi connectivity index (χ4n) is 3.71. The van der Waals surface area contributed by atoms with Gasteiger partial charge in [0.1, 0.15) is 11.6 Å². The van der Waals surface area contributed by atoms with Gasteiger partial charge in [0, 0.05) is 22.6 Å². The molecule has 2 atom stereocenters. The summed E-state index contributed by atoms with van der Waals surface area (Å²) in [6, 6.07) is 22.2. The minimum atomic E-state index is -0.317. The van der Waals surface area contributed by atoms with E-state index in [2.05, 4.69) is 0 Å². The van der Waals surface area contributed by atoms with E-state index in [9.17, 15) is 4.39 Å². The fraction of sp³-hybridized carbons (Fsp3) is 0.136. The molecule has 0 saturated carbocycles. The Morgan fingerprint density at radius 3 is 2.56 bits per heavy atom. The minimum absolute atomic E-state index is 0.0257. The highest BCUT2D eigenvalue weighted by molar-refractivity contribution is 6.30. The number of nitrogens with zero attached hydrogens (tertiary/aromatic N) is 2. The molecule has 0 spiro atoms. The molecule has 0 aliphatic carbocycles. The van der Waals surface area contributed by atoms with Crippen LogP contribution in [-0.4, -0.2) is 10.7 Å². The highest BCUT2D eigenvalue weighted by atomic mass is 35.5. The first-order valence-electron chi connectivity index (χ1n) is 8.82. The maximum Gasteiger partial charge on any atom is 0.213 e. The molecule has 0 radical (unpaired) electrons. The van der Waals surface area contributed by atoms with Crippen LogP contribution in [0.15, 0.2) is 77.9 Å². The van der Waals surface area contributed by atoms with E-state index in [1.807, 2.05) is 53.5 Å². The quantitative estimate of drug-likeness (QED) is 0.569. The van der Waals surface area contributed by atoms with Gasteiger partial charge < -0.3 is 4.74 Å². The number of benzene rings is 3. The Hall–Kier alpha value is -2.85. The first kappa shape index (κ1) is 16.3. The van der Waals surface area contributed by atoms with Crippen molar-refractivity contribution in [3.8, 4) is 5.75 Å². The number of halogens is 2. The van der Waals surface area contributed by atoms with E-state index in [1.54, 1.807) is 12.1 Å². The van der Waals surface area contributed by atoms with Crippen LogP contribution < -0.4 is 4.74 Å². The lowest BCUT2D eigenvalue weighted by Crippen LogP contribution is -2.33. The lowest BCUT2D eigenvalue weighted by molar-refractivity contribution is -0.0190. The second kappa shape index (κ2) is 6.39. The number of hydrazone groups is 1. The normalized spacial score (nSPS) is 20.5. The fourth-order valence-corrected chi connectivity index (χ4v) is 3.89. The molecule has 3 nitrogen and oxygen atoms in total. The van der Waals surface area contributed by atoms with Crippen molar-refractivity contribution in [1.82, 2.24) is 5.01 Å². The van der Waals surface area contributed by atoms with E-state index < -0.39 is 0 Å². The number of fused-ring (bicyclic) bond motifs is 3. The first-order chi connectivity index (χ1) is 13.2. The Bertz CT molecular complexity index is 1020. The predicted octanol–water partition coefficient (Wildman–Crippen LogP) is 5.72. The number of rotatable bonds is 2. The van der Waals surface area contributed by atoms with Gasteiger partial charge in [-0.2, -0.15) is 5.10 Å². The molecule has 3 aromatic rings. The second-order valence-electron chi connectivity index (χ2n) is 6.72. The zero-order valence-corrected chi connectivity index (χ0v) is 15.1. The maximum absolute atomic E-state index is 13.3. The molecule has 0 N–H and O–H groups in total. The molecule has 0 unspecified atom stereocenters. The smallest absolute Gasteiger partial charge is 0.213 e. The molecular weight excluding hydrogens is 363 g/mol. The Morgan fingerprint density at radius 2 is 1.78 bits per heavy atom. The van der Waals surface area contributed by atoms with Crippen LogP contribution in [0.5, 0.6) is 5.75 Å². The third-order valence-electron chi connectivity index (χ3n) is 5.01. The molecule has 2 aliphatic heterocycles. The lowest BCUT2D eigenvalue weighted by atomic mass is 9.96. The van der Waals surface area contributed by atoms with Crippen molar-refractivity contribution in [1.29, 1.82) is 0 Å². The largest absolute Gasteiger partial charge is 0.464 e. The molecule has 5 heteroatoms. The van der Waals surface area contributed by atoms with Gasteiger partial charge in [-0.3, -0.25) is 0 Å². The molecule has 0 amide bonds. The van der Waals surface area contributed by atoms with Gasteiger partial charge in [0.25, 0.3) is 0 Å². The summed E-state index contributed by atoms with van der Waals surface area (Å²) >= 11 is 6.24. The van der Waals surface area contributed by atoms with E-state index in [4.69, 9.17) is 21.4 Å². The van der Waals surface area contributed by atoms with Crippen molar-refractivity contribution in [2.24, 2.45) is 5.10 Å². The molecule has 0 bridgehead atoms.